The average molecular weight is 602 g/mol. The van der Waals surface area contributed by atoms with Gasteiger partial charge in [0.05, 0.1) is 23.0 Å². The van der Waals surface area contributed by atoms with Gasteiger partial charge >= 0.3 is 12.2 Å². The Kier molecular flexibility index (Phi) is 7.32. The van der Waals surface area contributed by atoms with Crippen molar-refractivity contribution >= 4 is 51.1 Å². The summed E-state index contributed by atoms with van der Waals surface area (Å²) in [5.74, 6) is 1.98. The number of likely N-dealkylation sites (tertiary alicyclic amines) is 1. The Labute approximate surface area is 235 Å². The number of halogens is 1. The fourth-order valence-corrected chi connectivity index (χ4v) is 5.57. The van der Waals surface area contributed by atoms with E-state index in [1.807, 2.05) is 52.0 Å². The number of aromatic nitrogens is 3. The molecule has 0 unspecified atom stereocenters. The number of carboxylic acid groups (broad SMARTS) is 1. The molecule has 2 aliphatic heterocycles. The maximum absolute atomic E-state index is 13.8. The molecule has 208 valence electrons. The van der Waals surface area contributed by atoms with E-state index in [-0.39, 0.29) is 6.04 Å². The quantitative estimate of drug-likeness (QED) is 0.410. The molecule has 5 rings (SSSR count). The van der Waals surface area contributed by atoms with Gasteiger partial charge in [-0.1, -0.05) is 0 Å². The van der Waals surface area contributed by atoms with Crippen molar-refractivity contribution in [3.05, 3.63) is 40.5 Å². The number of anilines is 3. The number of amides is 2. The first-order valence-corrected chi connectivity index (χ1v) is 13.9. The Morgan fingerprint density at radius 3 is 2.62 bits per heavy atom. The summed E-state index contributed by atoms with van der Waals surface area (Å²) in [5.41, 5.74) is 1.28. The molecule has 0 saturated carbocycles. The number of benzene rings is 1. The Hall–Kier alpha value is -3.54. The van der Waals surface area contributed by atoms with Crippen LogP contribution in [0, 0.1) is 0 Å². The van der Waals surface area contributed by atoms with Crippen LogP contribution >= 0.6 is 15.9 Å². The maximum Gasteiger partial charge on any atom is 0.420 e. The summed E-state index contributed by atoms with van der Waals surface area (Å²) in [6.07, 6.45) is 2.47. The van der Waals surface area contributed by atoms with Crippen LogP contribution in [0.2, 0.25) is 0 Å². The van der Waals surface area contributed by atoms with Crippen LogP contribution < -0.4 is 14.5 Å². The molecule has 1 saturated heterocycles. The van der Waals surface area contributed by atoms with Crippen molar-refractivity contribution in [2.75, 3.05) is 36.0 Å². The third-order valence-corrected chi connectivity index (χ3v) is 7.39. The van der Waals surface area contributed by atoms with Crippen LogP contribution in [0.4, 0.5) is 26.9 Å². The van der Waals surface area contributed by atoms with E-state index >= 15 is 0 Å². The van der Waals surface area contributed by atoms with Crippen molar-refractivity contribution in [2.45, 2.75) is 58.6 Å². The SMILES string of the molecule is CCOc1ccc(N(C(=O)OC(C)(C)C)c2c3c(nc4c(Br)cnn24)N([C@H]2CCCN(C(=O)O)C2)CC3)cc1. The molecule has 0 radical (unpaired) electrons. The van der Waals surface area contributed by atoms with Crippen molar-refractivity contribution in [2.24, 2.45) is 0 Å². The minimum Gasteiger partial charge on any atom is -0.494 e. The van der Waals surface area contributed by atoms with Crippen molar-refractivity contribution in [3.8, 4) is 5.75 Å². The molecule has 1 N–H and O–H groups in total. The predicted octanol–water partition coefficient (Wildman–Crippen LogP) is 5.47. The van der Waals surface area contributed by atoms with Gasteiger partial charge in [0.25, 0.3) is 0 Å². The number of piperidine rings is 1. The first-order valence-electron chi connectivity index (χ1n) is 13.1. The molecule has 0 spiro atoms. The lowest BCUT2D eigenvalue weighted by Crippen LogP contribution is -2.49. The molecule has 11 nitrogen and oxygen atoms in total. The monoisotopic (exact) mass is 600 g/mol. The molecule has 1 fully saturated rings. The highest BCUT2D eigenvalue weighted by Crippen LogP contribution is 2.41. The van der Waals surface area contributed by atoms with E-state index in [9.17, 15) is 14.7 Å². The fourth-order valence-electron chi connectivity index (χ4n) is 5.22. The molecule has 3 aromatic rings. The highest BCUT2D eigenvalue weighted by molar-refractivity contribution is 9.10. The Bertz CT molecular complexity index is 1390. The summed E-state index contributed by atoms with van der Waals surface area (Å²) in [6.45, 7) is 9.54. The van der Waals surface area contributed by atoms with Gasteiger partial charge in [0.15, 0.2) is 11.5 Å². The molecule has 12 heteroatoms. The van der Waals surface area contributed by atoms with Crippen LogP contribution in [-0.4, -0.2) is 74.7 Å². The van der Waals surface area contributed by atoms with E-state index in [2.05, 4.69) is 25.9 Å². The average Bonchev–Trinajstić information content (AvgIpc) is 3.48. The zero-order valence-electron chi connectivity index (χ0n) is 22.6. The molecule has 1 aromatic carbocycles. The first-order chi connectivity index (χ1) is 18.6. The molecule has 2 amide bonds. The lowest BCUT2D eigenvalue weighted by atomic mass is 10.0. The van der Waals surface area contributed by atoms with Gasteiger partial charge in [-0.05, 0) is 87.2 Å². The second kappa shape index (κ2) is 10.6. The van der Waals surface area contributed by atoms with E-state index in [1.54, 1.807) is 15.6 Å². The lowest BCUT2D eigenvalue weighted by molar-refractivity contribution is 0.0597. The Balaban J connectivity index is 1.65. The van der Waals surface area contributed by atoms with Crippen LogP contribution in [0.3, 0.4) is 0 Å². The van der Waals surface area contributed by atoms with Gasteiger partial charge < -0.3 is 24.4 Å². The number of hydrogen-bond acceptors (Lipinski definition) is 7. The van der Waals surface area contributed by atoms with Gasteiger partial charge in [0.2, 0.25) is 0 Å². The summed E-state index contributed by atoms with van der Waals surface area (Å²) in [5, 5.41) is 14.2. The van der Waals surface area contributed by atoms with E-state index in [1.165, 1.54) is 4.90 Å². The number of nitrogens with zero attached hydrogens (tertiary/aromatic N) is 6. The van der Waals surface area contributed by atoms with Crippen molar-refractivity contribution in [3.63, 3.8) is 0 Å². The second-order valence-electron chi connectivity index (χ2n) is 10.7. The first kappa shape index (κ1) is 27.0. The van der Waals surface area contributed by atoms with Crippen LogP contribution in [0.1, 0.15) is 46.1 Å². The van der Waals surface area contributed by atoms with Crippen LogP contribution in [-0.2, 0) is 11.2 Å². The van der Waals surface area contributed by atoms with E-state index in [4.69, 9.17) is 14.5 Å². The lowest BCUT2D eigenvalue weighted by Gasteiger charge is -2.37. The van der Waals surface area contributed by atoms with Crippen LogP contribution in [0.5, 0.6) is 5.75 Å². The predicted molar refractivity (Wildman–Crippen MR) is 150 cm³/mol. The molecule has 2 aromatic heterocycles. The molecule has 1 atom stereocenters. The molecule has 0 aliphatic carbocycles. The number of hydrogen-bond donors (Lipinski definition) is 1. The van der Waals surface area contributed by atoms with E-state index < -0.39 is 17.8 Å². The van der Waals surface area contributed by atoms with E-state index in [0.717, 1.165) is 24.2 Å². The summed E-state index contributed by atoms with van der Waals surface area (Å²) in [7, 11) is 0. The highest BCUT2D eigenvalue weighted by atomic mass is 79.9. The highest BCUT2D eigenvalue weighted by Gasteiger charge is 2.38. The van der Waals surface area contributed by atoms with Gasteiger partial charge in [0.1, 0.15) is 17.2 Å². The van der Waals surface area contributed by atoms with Crippen molar-refractivity contribution < 1.29 is 24.2 Å². The Morgan fingerprint density at radius 2 is 1.95 bits per heavy atom. The third-order valence-electron chi connectivity index (χ3n) is 6.83. The number of fused-ring (bicyclic) bond motifs is 2. The van der Waals surface area contributed by atoms with E-state index in [0.29, 0.717) is 60.0 Å². The van der Waals surface area contributed by atoms with Gasteiger partial charge in [-0.25, -0.2) is 19.5 Å². The zero-order valence-corrected chi connectivity index (χ0v) is 24.1. The smallest absolute Gasteiger partial charge is 0.420 e. The normalized spacial score (nSPS) is 17.3. The van der Waals surface area contributed by atoms with Gasteiger partial charge in [-0.2, -0.15) is 9.61 Å². The number of ether oxygens (including phenoxy) is 2. The molecule has 2 aliphatic rings. The summed E-state index contributed by atoms with van der Waals surface area (Å²) < 4.78 is 13.9. The minimum absolute atomic E-state index is 0.0129. The number of rotatable bonds is 5. The van der Waals surface area contributed by atoms with Gasteiger partial charge in [-0.3, -0.25) is 0 Å². The van der Waals surface area contributed by atoms with Crippen molar-refractivity contribution in [1.82, 2.24) is 19.5 Å². The number of carbonyl (C=O) groups is 2. The molecule has 39 heavy (non-hydrogen) atoms. The van der Waals surface area contributed by atoms with Crippen molar-refractivity contribution in [1.29, 1.82) is 0 Å². The van der Waals surface area contributed by atoms with Gasteiger partial charge in [-0.15, -0.1) is 0 Å². The Morgan fingerprint density at radius 1 is 1.21 bits per heavy atom. The largest absolute Gasteiger partial charge is 0.494 e. The van der Waals surface area contributed by atoms with Crippen LogP contribution in [0.15, 0.2) is 34.9 Å². The minimum atomic E-state index is -0.909. The molecule has 0 bridgehead atoms. The maximum atomic E-state index is 13.8. The summed E-state index contributed by atoms with van der Waals surface area (Å²) in [4.78, 5) is 35.7. The second-order valence-corrected chi connectivity index (χ2v) is 11.5. The summed E-state index contributed by atoms with van der Waals surface area (Å²) >= 11 is 3.57. The number of carbonyl (C=O) groups excluding carboxylic acids is 1. The van der Waals surface area contributed by atoms with Crippen LogP contribution in [0.25, 0.3) is 5.65 Å². The molecule has 4 heterocycles. The third kappa shape index (κ3) is 5.34. The topological polar surface area (TPSA) is 113 Å². The standard InChI is InChI=1S/C27H33BrN6O5/c1-5-38-19-10-8-17(9-11-19)33(26(37)39-27(2,3)4)24-20-12-14-32(18-7-6-13-31(16-18)25(35)36)22(20)30-23-21(28)15-29-34(23)24/h8-11,15,18H,5-7,12-14,16H2,1-4H3,(H,35,36)/t18-/m0/s1. The molecular formula is C27H33BrN6O5. The zero-order chi connectivity index (χ0) is 27.9. The summed E-state index contributed by atoms with van der Waals surface area (Å²) in [6, 6.07) is 7.28. The fraction of sp³-hybridized carbons (Fsp3) is 0.481. The van der Waals surface area contributed by atoms with Gasteiger partial charge in [0, 0.05) is 31.2 Å². The molecular weight excluding hydrogens is 568 g/mol.